The fourth-order valence-corrected chi connectivity index (χ4v) is 0.776. The fourth-order valence-electron chi connectivity index (χ4n) is 0.776. The molecule has 0 atom stereocenters. The first-order valence-electron chi connectivity index (χ1n) is 4.17. The van der Waals surface area contributed by atoms with Gasteiger partial charge >= 0.3 is 0 Å². The second-order valence-corrected chi connectivity index (χ2v) is 1.86. The predicted octanol–water partition coefficient (Wildman–Crippen LogP) is 2.92. The van der Waals surface area contributed by atoms with E-state index in [0.29, 0.717) is 0 Å². The van der Waals surface area contributed by atoms with Crippen LogP contribution in [0.5, 0.6) is 0 Å². The molecule has 0 saturated heterocycles. The van der Waals surface area contributed by atoms with E-state index in [2.05, 4.69) is 11.7 Å². The zero-order valence-electron chi connectivity index (χ0n) is 7.99. The normalized spacial score (nSPS) is 17.2. The number of hydrogen-bond acceptors (Lipinski definition) is 2. The molecule has 1 rings (SSSR count). The van der Waals surface area contributed by atoms with Crippen LogP contribution in [0, 0.1) is 0 Å². The predicted molar refractivity (Wildman–Crippen MR) is 54.8 cm³/mol. The van der Waals surface area contributed by atoms with E-state index in [1.54, 1.807) is 17.4 Å². The summed E-state index contributed by atoms with van der Waals surface area (Å²) in [6.45, 7) is 9.59. The molecule has 12 heavy (non-hydrogen) atoms. The third-order valence-electron chi connectivity index (χ3n) is 1.28. The van der Waals surface area contributed by atoms with Crippen molar-refractivity contribution < 1.29 is 0 Å². The van der Waals surface area contributed by atoms with Crippen LogP contribution in [0.2, 0.25) is 0 Å². The Kier molecular flexibility index (Phi) is 5.70. The van der Waals surface area contributed by atoms with Crippen molar-refractivity contribution in [3.8, 4) is 0 Å². The van der Waals surface area contributed by atoms with Gasteiger partial charge in [0.15, 0.2) is 0 Å². The molecular weight excluding hydrogens is 148 g/mol. The van der Waals surface area contributed by atoms with Crippen LogP contribution in [0.15, 0.2) is 41.8 Å². The van der Waals surface area contributed by atoms with E-state index in [4.69, 9.17) is 0 Å². The number of hydrogen-bond donors (Lipinski definition) is 0. The summed E-state index contributed by atoms with van der Waals surface area (Å²) in [4.78, 5) is 0. The van der Waals surface area contributed by atoms with E-state index in [1.807, 2.05) is 39.0 Å². The summed E-state index contributed by atoms with van der Waals surface area (Å²) in [5.41, 5.74) is 1.05. The Hall–Kier alpha value is -1.31. The SMILES string of the molecule is C=CN1N=CC=C/C1=C/C.CC. The minimum absolute atomic E-state index is 1.05. The summed E-state index contributed by atoms with van der Waals surface area (Å²) in [5.74, 6) is 0. The molecule has 0 aromatic heterocycles. The zero-order valence-corrected chi connectivity index (χ0v) is 7.99. The van der Waals surface area contributed by atoms with Crippen LogP contribution < -0.4 is 0 Å². The van der Waals surface area contributed by atoms with Crippen molar-refractivity contribution in [3.63, 3.8) is 0 Å². The second-order valence-electron chi connectivity index (χ2n) is 1.86. The largest absolute Gasteiger partial charge is 0.242 e. The van der Waals surface area contributed by atoms with Gasteiger partial charge in [0.05, 0.1) is 5.70 Å². The van der Waals surface area contributed by atoms with Crippen LogP contribution in [0.1, 0.15) is 20.8 Å². The Morgan fingerprint density at radius 1 is 1.50 bits per heavy atom. The summed E-state index contributed by atoms with van der Waals surface area (Å²) < 4.78 is 0. The third-order valence-corrected chi connectivity index (χ3v) is 1.28. The van der Waals surface area contributed by atoms with Crippen molar-refractivity contribution in [1.82, 2.24) is 5.01 Å². The van der Waals surface area contributed by atoms with Gasteiger partial charge in [-0.1, -0.05) is 26.5 Å². The van der Waals surface area contributed by atoms with E-state index in [9.17, 15) is 0 Å². The van der Waals surface area contributed by atoms with Crippen molar-refractivity contribution in [1.29, 1.82) is 0 Å². The molecule has 1 aliphatic heterocycles. The summed E-state index contributed by atoms with van der Waals surface area (Å²) in [6, 6.07) is 0. The van der Waals surface area contributed by atoms with Crippen LogP contribution >= 0.6 is 0 Å². The van der Waals surface area contributed by atoms with Gasteiger partial charge in [-0.25, -0.2) is 5.01 Å². The maximum absolute atomic E-state index is 4.04. The van der Waals surface area contributed by atoms with E-state index in [1.165, 1.54) is 0 Å². The minimum Gasteiger partial charge on any atom is -0.242 e. The lowest BCUT2D eigenvalue weighted by Crippen LogP contribution is -2.09. The van der Waals surface area contributed by atoms with Crippen molar-refractivity contribution >= 4 is 6.21 Å². The van der Waals surface area contributed by atoms with Crippen LogP contribution in [0.4, 0.5) is 0 Å². The molecular formula is C10H16N2. The van der Waals surface area contributed by atoms with Gasteiger partial charge in [0, 0.05) is 12.4 Å². The molecule has 0 N–H and O–H groups in total. The quantitative estimate of drug-likeness (QED) is 0.581. The smallest absolute Gasteiger partial charge is 0.0603 e. The first-order chi connectivity index (χ1) is 5.88. The molecule has 0 fully saturated rings. The molecule has 0 radical (unpaired) electrons. The van der Waals surface area contributed by atoms with Gasteiger partial charge in [0.1, 0.15) is 0 Å². The molecule has 0 spiro atoms. The maximum atomic E-state index is 4.04. The monoisotopic (exact) mass is 164 g/mol. The Bertz CT molecular complexity index is 212. The van der Waals surface area contributed by atoms with Gasteiger partial charge in [-0.05, 0) is 19.1 Å². The van der Waals surface area contributed by atoms with Gasteiger partial charge in [0.2, 0.25) is 0 Å². The molecule has 2 heteroatoms. The van der Waals surface area contributed by atoms with E-state index in [0.717, 1.165) is 5.70 Å². The van der Waals surface area contributed by atoms with Crippen molar-refractivity contribution in [3.05, 3.63) is 36.7 Å². The lowest BCUT2D eigenvalue weighted by Gasteiger charge is -2.16. The highest BCUT2D eigenvalue weighted by Crippen LogP contribution is 2.09. The zero-order chi connectivity index (χ0) is 9.40. The topological polar surface area (TPSA) is 15.6 Å². The van der Waals surface area contributed by atoms with Gasteiger partial charge in [0.25, 0.3) is 0 Å². The summed E-state index contributed by atoms with van der Waals surface area (Å²) in [7, 11) is 0. The molecule has 0 amide bonds. The van der Waals surface area contributed by atoms with Crippen LogP contribution in [0.25, 0.3) is 0 Å². The Morgan fingerprint density at radius 2 is 2.17 bits per heavy atom. The van der Waals surface area contributed by atoms with E-state index < -0.39 is 0 Å². The van der Waals surface area contributed by atoms with Gasteiger partial charge < -0.3 is 0 Å². The molecule has 0 aromatic rings. The molecule has 0 aromatic carbocycles. The Balaban J connectivity index is 0.000000561. The number of nitrogens with zero attached hydrogens (tertiary/aromatic N) is 2. The lowest BCUT2D eigenvalue weighted by molar-refractivity contribution is 0.514. The van der Waals surface area contributed by atoms with Crippen LogP contribution in [-0.4, -0.2) is 11.2 Å². The number of hydrazone groups is 1. The highest BCUT2D eigenvalue weighted by atomic mass is 15.4. The lowest BCUT2D eigenvalue weighted by atomic mass is 10.3. The average molecular weight is 164 g/mol. The minimum atomic E-state index is 1.05. The molecule has 0 unspecified atom stereocenters. The van der Waals surface area contributed by atoms with Gasteiger partial charge in [-0.3, -0.25) is 0 Å². The molecule has 2 nitrogen and oxygen atoms in total. The summed E-state index contributed by atoms with van der Waals surface area (Å²) >= 11 is 0. The van der Waals surface area contributed by atoms with E-state index in [-0.39, 0.29) is 0 Å². The number of allylic oxidation sites excluding steroid dienone is 3. The van der Waals surface area contributed by atoms with Crippen molar-refractivity contribution in [2.45, 2.75) is 20.8 Å². The van der Waals surface area contributed by atoms with Crippen molar-refractivity contribution in [2.24, 2.45) is 5.10 Å². The van der Waals surface area contributed by atoms with Gasteiger partial charge in [-0.15, -0.1) is 0 Å². The molecule has 0 saturated carbocycles. The molecule has 0 aliphatic carbocycles. The molecule has 0 bridgehead atoms. The third kappa shape index (κ3) is 2.74. The number of rotatable bonds is 1. The van der Waals surface area contributed by atoms with Gasteiger partial charge in [-0.2, -0.15) is 5.10 Å². The Labute approximate surface area is 74.6 Å². The standard InChI is InChI=1S/C8H10N2.C2H6/c1-3-8-6-5-7-9-10(8)4-2;1-2/h3-7H,2H2,1H3;1-2H3/b8-3-;. The van der Waals surface area contributed by atoms with Crippen LogP contribution in [0.3, 0.4) is 0 Å². The van der Waals surface area contributed by atoms with Crippen LogP contribution in [-0.2, 0) is 0 Å². The maximum Gasteiger partial charge on any atom is 0.0603 e. The average Bonchev–Trinajstić information content (AvgIpc) is 2.20. The van der Waals surface area contributed by atoms with E-state index >= 15 is 0 Å². The fraction of sp³-hybridized carbons (Fsp3) is 0.300. The molecule has 66 valence electrons. The second kappa shape index (κ2) is 6.40. The first-order valence-corrected chi connectivity index (χ1v) is 4.17. The Morgan fingerprint density at radius 3 is 2.58 bits per heavy atom. The summed E-state index contributed by atoms with van der Waals surface area (Å²) in [5, 5.41) is 5.76. The highest BCUT2D eigenvalue weighted by Gasteiger charge is 2.00. The summed E-state index contributed by atoms with van der Waals surface area (Å²) in [6.07, 6.45) is 9.27. The highest BCUT2D eigenvalue weighted by molar-refractivity contribution is 5.73. The molecule has 1 aliphatic rings. The first kappa shape index (κ1) is 10.7. The van der Waals surface area contributed by atoms with Crippen molar-refractivity contribution in [2.75, 3.05) is 0 Å². The molecule has 1 heterocycles.